The zero-order valence-corrected chi connectivity index (χ0v) is 15.5. The van der Waals surface area contributed by atoms with E-state index in [0.717, 1.165) is 17.7 Å². The molecule has 1 amide bonds. The number of hydrogen-bond donors (Lipinski definition) is 2. The maximum Gasteiger partial charge on any atom is 0.416 e. The molecule has 3 rings (SSSR count). The topological polar surface area (TPSA) is 66.4 Å². The van der Waals surface area contributed by atoms with Crippen molar-refractivity contribution in [1.82, 2.24) is 10.4 Å². The maximum absolute atomic E-state index is 12.9. The minimum absolute atomic E-state index is 0.103. The van der Waals surface area contributed by atoms with Gasteiger partial charge in [0.05, 0.1) is 17.3 Å². The number of rotatable bonds is 5. The lowest BCUT2D eigenvalue weighted by molar-refractivity contribution is -0.137. The van der Waals surface area contributed by atoms with Crippen LogP contribution in [0.3, 0.4) is 0 Å². The summed E-state index contributed by atoms with van der Waals surface area (Å²) in [5, 5.41) is 7.19. The summed E-state index contributed by atoms with van der Waals surface area (Å²) in [7, 11) is 0. The molecule has 29 heavy (non-hydrogen) atoms. The third kappa shape index (κ3) is 5.55. The Bertz CT molecular complexity index is 1040. The summed E-state index contributed by atoms with van der Waals surface area (Å²) >= 11 is 5.80. The molecule has 9 heteroatoms. The van der Waals surface area contributed by atoms with Gasteiger partial charge < -0.3 is 5.32 Å². The number of carbonyl (C=O) groups is 1. The summed E-state index contributed by atoms with van der Waals surface area (Å²) in [5.74, 6) is -0.469. The van der Waals surface area contributed by atoms with Crippen LogP contribution < -0.4 is 10.7 Å². The highest BCUT2D eigenvalue weighted by Gasteiger charge is 2.30. The molecule has 2 N–H and O–H groups in total. The Morgan fingerprint density at radius 1 is 1.07 bits per heavy atom. The molecule has 0 atom stereocenters. The lowest BCUT2D eigenvalue weighted by Crippen LogP contribution is -2.19. The second-order valence-corrected chi connectivity index (χ2v) is 6.29. The van der Waals surface area contributed by atoms with Gasteiger partial charge in [-0.3, -0.25) is 4.79 Å². The van der Waals surface area contributed by atoms with Crippen molar-refractivity contribution in [1.29, 1.82) is 0 Å². The number of hydrazone groups is 1. The molecule has 2 aromatic carbocycles. The molecule has 0 bridgehead atoms. The zero-order valence-electron chi connectivity index (χ0n) is 14.7. The summed E-state index contributed by atoms with van der Waals surface area (Å²) in [5.41, 5.74) is 2.55. The van der Waals surface area contributed by atoms with Gasteiger partial charge in [-0.1, -0.05) is 29.8 Å². The number of benzene rings is 2. The Morgan fingerprint density at radius 3 is 2.55 bits per heavy atom. The van der Waals surface area contributed by atoms with Gasteiger partial charge in [0.15, 0.2) is 0 Å². The molecular formula is C20H14ClF3N4O. The van der Waals surface area contributed by atoms with Crippen molar-refractivity contribution < 1.29 is 18.0 Å². The molecule has 0 saturated carbocycles. The molecule has 0 spiro atoms. The highest BCUT2D eigenvalue weighted by atomic mass is 35.5. The first-order valence-corrected chi connectivity index (χ1v) is 8.69. The van der Waals surface area contributed by atoms with Crippen molar-refractivity contribution >= 4 is 35.2 Å². The number of halogens is 4. The van der Waals surface area contributed by atoms with Gasteiger partial charge in [-0.2, -0.15) is 18.3 Å². The summed E-state index contributed by atoms with van der Waals surface area (Å²) in [6, 6.07) is 14.5. The van der Waals surface area contributed by atoms with E-state index in [0.29, 0.717) is 5.02 Å². The monoisotopic (exact) mass is 418 g/mol. The third-order valence-corrected chi connectivity index (χ3v) is 4.01. The van der Waals surface area contributed by atoms with E-state index in [2.05, 4.69) is 20.8 Å². The van der Waals surface area contributed by atoms with Crippen LogP contribution in [-0.2, 0) is 6.18 Å². The summed E-state index contributed by atoms with van der Waals surface area (Å²) in [4.78, 5) is 16.5. The van der Waals surface area contributed by atoms with Crippen molar-refractivity contribution in [2.45, 2.75) is 6.18 Å². The fourth-order valence-electron chi connectivity index (χ4n) is 2.37. The predicted octanol–water partition coefficient (Wildman–Crippen LogP) is 5.26. The summed E-state index contributed by atoms with van der Waals surface area (Å²) < 4.78 is 38.7. The summed E-state index contributed by atoms with van der Waals surface area (Å²) in [6.07, 6.45) is -1.62. The number of nitrogens with zero attached hydrogens (tertiary/aromatic N) is 2. The van der Waals surface area contributed by atoms with Gasteiger partial charge in [-0.25, -0.2) is 10.4 Å². The highest BCUT2D eigenvalue weighted by Crippen LogP contribution is 2.31. The van der Waals surface area contributed by atoms with Crippen molar-refractivity contribution in [3.63, 3.8) is 0 Å². The van der Waals surface area contributed by atoms with E-state index in [-0.39, 0.29) is 17.1 Å². The lowest BCUT2D eigenvalue weighted by atomic mass is 10.2. The molecule has 0 aliphatic heterocycles. The van der Waals surface area contributed by atoms with Crippen molar-refractivity contribution in [3.05, 3.63) is 88.6 Å². The SMILES string of the molecule is O=C(N/N=C/c1ccc(Cl)cc1)c1cccnc1Nc1cccc(C(F)(F)F)c1. The average Bonchev–Trinajstić information content (AvgIpc) is 2.69. The van der Waals surface area contributed by atoms with Crippen LogP contribution in [0.4, 0.5) is 24.7 Å². The van der Waals surface area contributed by atoms with Crippen LogP contribution >= 0.6 is 11.6 Å². The molecule has 0 saturated heterocycles. The quantitative estimate of drug-likeness (QED) is 0.438. The fourth-order valence-corrected chi connectivity index (χ4v) is 2.50. The third-order valence-electron chi connectivity index (χ3n) is 3.75. The molecule has 1 heterocycles. The van der Waals surface area contributed by atoms with Crippen LogP contribution in [0.1, 0.15) is 21.5 Å². The van der Waals surface area contributed by atoms with E-state index in [4.69, 9.17) is 11.6 Å². The normalized spacial score (nSPS) is 11.4. The second-order valence-electron chi connectivity index (χ2n) is 5.85. The zero-order chi connectivity index (χ0) is 20.9. The molecule has 0 unspecified atom stereocenters. The lowest BCUT2D eigenvalue weighted by Gasteiger charge is -2.12. The number of alkyl halides is 3. The molecule has 0 fully saturated rings. The van der Waals surface area contributed by atoms with Gasteiger partial charge in [0.1, 0.15) is 5.82 Å². The van der Waals surface area contributed by atoms with Crippen LogP contribution in [0.15, 0.2) is 72.0 Å². The minimum Gasteiger partial charge on any atom is -0.340 e. The first-order valence-electron chi connectivity index (χ1n) is 8.31. The minimum atomic E-state index is -4.47. The molecule has 148 valence electrons. The van der Waals surface area contributed by atoms with Crippen LogP contribution in [-0.4, -0.2) is 17.1 Å². The molecular weight excluding hydrogens is 405 g/mol. The number of aromatic nitrogens is 1. The fraction of sp³-hybridized carbons (Fsp3) is 0.0500. The Labute approximate surface area is 169 Å². The Morgan fingerprint density at radius 2 is 1.83 bits per heavy atom. The number of pyridine rings is 1. The maximum atomic E-state index is 12.9. The second kappa shape index (κ2) is 8.74. The van der Waals surface area contributed by atoms with Crippen LogP contribution in [0, 0.1) is 0 Å². The number of nitrogens with one attached hydrogen (secondary N) is 2. The molecule has 1 aromatic heterocycles. The number of amides is 1. The van der Waals surface area contributed by atoms with Crippen molar-refractivity contribution in [2.75, 3.05) is 5.32 Å². The predicted molar refractivity (Wildman–Crippen MR) is 105 cm³/mol. The van der Waals surface area contributed by atoms with Crippen molar-refractivity contribution in [3.8, 4) is 0 Å². The first kappa shape index (κ1) is 20.3. The molecule has 0 radical (unpaired) electrons. The van der Waals surface area contributed by atoms with E-state index in [1.54, 1.807) is 24.3 Å². The van der Waals surface area contributed by atoms with E-state index >= 15 is 0 Å². The Kier molecular flexibility index (Phi) is 6.13. The summed E-state index contributed by atoms with van der Waals surface area (Å²) in [6.45, 7) is 0. The van der Waals surface area contributed by atoms with E-state index in [1.165, 1.54) is 36.7 Å². The number of carbonyl (C=O) groups excluding carboxylic acids is 1. The molecule has 0 aliphatic carbocycles. The number of hydrogen-bond acceptors (Lipinski definition) is 4. The van der Waals surface area contributed by atoms with E-state index in [9.17, 15) is 18.0 Å². The largest absolute Gasteiger partial charge is 0.416 e. The van der Waals surface area contributed by atoms with E-state index in [1.807, 2.05) is 0 Å². The smallest absolute Gasteiger partial charge is 0.340 e. The van der Waals surface area contributed by atoms with Crippen molar-refractivity contribution in [2.24, 2.45) is 5.10 Å². The first-order chi connectivity index (χ1) is 13.8. The molecule has 3 aromatic rings. The van der Waals surface area contributed by atoms with Gasteiger partial charge in [0.25, 0.3) is 5.91 Å². The Hall–Kier alpha value is -3.39. The van der Waals surface area contributed by atoms with Gasteiger partial charge in [0.2, 0.25) is 0 Å². The Balaban J connectivity index is 1.75. The van der Waals surface area contributed by atoms with Crippen LogP contribution in [0.2, 0.25) is 5.02 Å². The van der Waals surface area contributed by atoms with Gasteiger partial charge in [-0.05, 0) is 48.0 Å². The van der Waals surface area contributed by atoms with Gasteiger partial charge in [0, 0.05) is 16.9 Å². The number of anilines is 2. The van der Waals surface area contributed by atoms with Gasteiger partial charge >= 0.3 is 6.18 Å². The molecule has 5 nitrogen and oxygen atoms in total. The standard InChI is InChI=1S/C20H14ClF3N4O/c21-15-8-6-13(7-9-15)12-26-28-19(29)17-5-2-10-25-18(17)27-16-4-1-3-14(11-16)20(22,23)24/h1-12H,(H,25,27)(H,28,29)/b26-12+. The average molecular weight is 419 g/mol. The van der Waals surface area contributed by atoms with E-state index < -0.39 is 17.6 Å². The highest BCUT2D eigenvalue weighted by molar-refractivity contribution is 6.30. The van der Waals surface area contributed by atoms with Gasteiger partial charge in [-0.15, -0.1) is 0 Å². The molecule has 0 aliphatic rings. The van der Waals surface area contributed by atoms with Crippen LogP contribution in [0.5, 0.6) is 0 Å². The van der Waals surface area contributed by atoms with Crippen LogP contribution in [0.25, 0.3) is 0 Å².